The molecule has 0 saturated carbocycles. The molecule has 1 N–H and O–H groups in total. The van der Waals surface area contributed by atoms with Crippen LogP contribution in [0.15, 0.2) is 36.4 Å². The summed E-state index contributed by atoms with van der Waals surface area (Å²) in [6.45, 7) is 6.12. The average Bonchev–Trinajstić information content (AvgIpc) is 2.85. The lowest BCUT2D eigenvalue weighted by Gasteiger charge is -2.12. The molecule has 0 radical (unpaired) electrons. The first kappa shape index (κ1) is 16.0. The Morgan fingerprint density at radius 3 is 2.74 bits per heavy atom. The molecule has 0 unspecified atom stereocenters. The maximum Gasteiger partial charge on any atom is 0.267 e. The van der Waals surface area contributed by atoms with Crippen LogP contribution in [0.3, 0.4) is 0 Å². The highest BCUT2D eigenvalue weighted by molar-refractivity contribution is 7.21. The second kappa shape index (κ2) is 6.34. The number of halogens is 1. The summed E-state index contributed by atoms with van der Waals surface area (Å²) in [4.78, 5) is 13.3. The Morgan fingerprint density at radius 2 is 2.00 bits per heavy atom. The summed E-state index contributed by atoms with van der Waals surface area (Å²) >= 11 is 7.87. The average molecular weight is 344 g/mol. The Morgan fingerprint density at radius 1 is 1.22 bits per heavy atom. The van der Waals surface area contributed by atoms with Gasteiger partial charge in [-0.2, -0.15) is 0 Å². The predicted octanol–water partition coefficient (Wildman–Crippen LogP) is 5.99. The fourth-order valence-electron chi connectivity index (χ4n) is 2.69. The van der Waals surface area contributed by atoms with Gasteiger partial charge in [-0.1, -0.05) is 48.9 Å². The molecule has 1 amide bonds. The lowest BCUT2D eigenvalue weighted by atomic mass is 10.1. The van der Waals surface area contributed by atoms with Crippen molar-refractivity contribution in [2.24, 2.45) is 0 Å². The Kier molecular flexibility index (Phi) is 4.42. The van der Waals surface area contributed by atoms with Gasteiger partial charge in [0.25, 0.3) is 5.91 Å². The summed E-state index contributed by atoms with van der Waals surface area (Å²) in [5.74, 6) is -0.141. The van der Waals surface area contributed by atoms with Gasteiger partial charge in [-0.25, -0.2) is 0 Å². The number of para-hydroxylation sites is 1. The summed E-state index contributed by atoms with van der Waals surface area (Å²) in [7, 11) is 0. The van der Waals surface area contributed by atoms with Gasteiger partial charge in [0.05, 0.1) is 5.02 Å². The highest BCUT2D eigenvalue weighted by Crippen LogP contribution is 2.36. The monoisotopic (exact) mass is 343 g/mol. The number of hydrogen-bond acceptors (Lipinski definition) is 2. The van der Waals surface area contributed by atoms with Gasteiger partial charge in [-0.15, -0.1) is 11.3 Å². The van der Waals surface area contributed by atoms with Crippen molar-refractivity contribution in [3.05, 3.63) is 63.0 Å². The number of benzene rings is 2. The first-order valence-electron chi connectivity index (χ1n) is 7.59. The van der Waals surface area contributed by atoms with E-state index in [0.717, 1.165) is 38.9 Å². The quantitative estimate of drug-likeness (QED) is 0.622. The van der Waals surface area contributed by atoms with Crippen molar-refractivity contribution in [3.8, 4) is 0 Å². The molecule has 23 heavy (non-hydrogen) atoms. The van der Waals surface area contributed by atoms with Crippen LogP contribution in [-0.4, -0.2) is 5.91 Å². The van der Waals surface area contributed by atoms with Crippen molar-refractivity contribution in [2.45, 2.75) is 27.2 Å². The van der Waals surface area contributed by atoms with E-state index >= 15 is 0 Å². The molecule has 118 valence electrons. The van der Waals surface area contributed by atoms with E-state index < -0.39 is 0 Å². The van der Waals surface area contributed by atoms with E-state index in [2.05, 4.69) is 18.3 Å². The largest absolute Gasteiger partial charge is 0.321 e. The predicted molar refractivity (Wildman–Crippen MR) is 100 cm³/mol. The number of amides is 1. The first-order valence-corrected chi connectivity index (χ1v) is 8.79. The van der Waals surface area contributed by atoms with Crippen LogP contribution < -0.4 is 5.32 Å². The molecule has 0 aliphatic carbocycles. The number of rotatable bonds is 3. The molecule has 2 nitrogen and oxygen atoms in total. The van der Waals surface area contributed by atoms with Gasteiger partial charge in [0, 0.05) is 15.8 Å². The number of fused-ring (bicyclic) bond motifs is 1. The molecule has 0 fully saturated rings. The van der Waals surface area contributed by atoms with Gasteiger partial charge in [-0.05, 0) is 43.0 Å². The van der Waals surface area contributed by atoms with Crippen molar-refractivity contribution < 1.29 is 4.79 Å². The third kappa shape index (κ3) is 2.99. The second-order valence-corrected chi connectivity index (χ2v) is 7.09. The Labute approximate surface area is 145 Å². The van der Waals surface area contributed by atoms with Gasteiger partial charge < -0.3 is 5.32 Å². The molecule has 0 spiro atoms. The van der Waals surface area contributed by atoms with E-state index in [1.54, 1.807) is 0 Å². The Bertz CT molecular complexity index is 898. The summed E-state index contributed by atoms with van der Waals surface area (Å²) < 4.78 is 1.04. The minimum absolute atomic E-state index is 0.141. The molecule has 3 aromatic rings. The smallest absolute Gasteiger partial charge is 0.267 e. The number of nitrogens with one attached hydrogen (secondary N) is 1. The van der Waals surface area contributed by atoms with Crippen molar-refractivity contribution in [1.82, 2.24) is 0 Å². The first-order chi connectivity index (χ1) is 11.0. The molecule has 0 atom stereocenters. The molecule has 1 aromatic heterocycles. The third-order valence-corrected chi connectivity index (χ3v) is 5.63. The van der Waals surface area contributed by atoms with Crippen molar-refractivity contribution >= 4 is 44.6 Å². The van der Waals surface area contributed by atoms with Crippen LogP contribution in [0.4, 0.5) is 5.69 Å². The molecule has 0 bridgehead atoms. The SMILES string of the molecule is CCc1cccc(C)c1NC(=O)c1sc2cc(C)ccc2c1Cl. The number of aryl methyl sites for hydroxylation is 3. The van der Waals surface area contributed by atoms with E-state index in [0.29, 0.717) is 9.90 Å². The zero-order valence-corrected chi connectivity index (χ0v) is 14.9. The van der Waals surface area contributed by atoms with E-state index in [1.165, 1.54) is 11.3 Å². The molecular weight excluding hydrogens is 326 g/mol. The van der Waals surface area contributed by atoms with Crippen LogP contribution >= 0.6 is 22.9 Å². The van der Waals surface area contributed by atoms with Crippen LogP contribution in [0.1, 0.15) is 33.3 Å². The van der Waals surface area contributed by atoms with Gasteiger partial charge in [0.15, 0.2) is 0 Å². The van der Waals surface area contributed by atoms with Crippen LogP contribution in [0.25, 0.3) is 10.1 Å². The second-order valence-electron chi connectivity index (χ2n) is 5.66. The van der Waals surface area contributed by atoms with Crippen LogP contribution in [0.5, 0.6) is 0 Å². The normalized spacial score (nSPS) is 11.0. The highest BCUT2D eigenvalue weighted by atomic mass is 35.5. The zero-order chi connectivity index (χ0) is 16.6. The maximum absolute atomic E-state index is 12.7. The van der Waals surface area contributed by atoms with Crippen LogP contribution in [-0.2, 0) is 6.42 Å². The fraction of sp³-hybridized carbons (Fsp3) is 0.211. The number of carbonyl (C=O) groups excluding carboxylic acids is 1. The minimum Gasteiger partial charge on any atom is -0.321 e. The zero-order valence-electron chi connectivity index (χ0n) is 13.4. The lowest BCUT2D eigenvalue weighted by molar-refractivity contribution is 0.103. The molecule has 0 aliphatic heterocycles. The van der Waals surface area contributed by atoms with E-state index in [1.807, 2.05) is 44.2 Å². The third-order valence-electron chi connectivity index (χ3n) is 3.97. The molecule has 0 aliphatic rings. The summed E-state index contributed by atoms with van der Waals surface area (Å²) in [6.07, 6.45) is 0.872. The number of anilines is 1. The molecule has 0 saturated heterocycles. The summed E-state index contributed by atoms with van der Waals surface area (Å²) in [6, 6.07) is 12.1. The molecule has 4 heteroatoms. The van der Waals surface area contributed by atoms with Gasteiger partial charge in [-0.3, -0.25) is 4.79 Å². The van der Waals surface area contributed by atoms with E-state index in [4.69, 9.17) is 11.6 Å². The maximum atomic E-state index is 12.7. The molecular formula is C19H18ClNOS. The van der Waals surface area contributed by atoms with Gasteiger partial charge >= 0.3 is 0 Å². The lowest BCUT2D eigenvalue weighted by Crippen LogP contribution is -2.13. The molecule has 3 rings (SSSR count). The van der Waals surface area contributed by atoms with Gasteiger partial charge in [0.2, 0.25) is 0 Å². The van der Waals surface area contributed by atoms with E-state index in [-0.39, 0.29) is 5.91 Å². The topological polar surface area (TPSA) is 29.1 Å². The minimum atomic E-state index is -0.141. The molecule has 2 aromatic carbocycles. The van der Waals surface area contributed by atoms with E-state index in [9.17, 15) is 4.79 Å². The highest BCUT2D eigenvalue weighted by Gasteiger charge is 2.18. The summed E-state index contributed by atoms with van der Waals surface area (Å²) in [5.41, 5.74) is 4.25. The molecule has 1 heterocycles. The standard InChI is InChI=1S/C19H18ClNOS/c1-4-13-7-5-6-12(3)17(13)21-19(22)18-16(20)14-9-8-11(2)10-15(14)23-18/h5-10H,4H2,1-3H3,(H,21,22). The number of hydrogen-bond donors (Lipinski definition) is 1. The van der Waals surface area contributed by atoms with Crippen molar-refractivity contribution in [1.29, 1.82) is 0 Å². The Balaban J connectivity index is 2.00. The fourth-order valence-corrected chi connectivity index (χ4v) is 4.20. The number of carbonyl (C=O) groups is 1. The van der Waals surface area contributed by atoms with Crippen LogP contribution in [0.2, 0.25) is 5.02 Å². The Hall–Kier alpha value is -1.84. The van der Waals surface area contributed by atoms with Gasteiger partial charge in [0.1, 0.15) is 4.88 Å². The van der Waals surface area contributed by atoms with Crippen LogP contribution in [0, 0.1) is 13.8 Å². The summed E-state index contributed by atoms with van der Waals surface area (Å²) in [5, 5.41) is 4.52. The number of thiophene rings is 1. The van der Waals surface area contributed by atoms with Crippen molar-refractivity contribution in [2.75, 3.05) is 5.32 Å². The van der Waals surface area contributed by atoms with Crippen molar-refractivity contribution in [3.63, 3.8) is 0 Å².